The lowest BCUT2D eigenvalue weighted by Gasteiger charge is -2.08. The van der Waals surface area contributed by atoms with E-state index in [-0.39, 0.29) is 16.9 Å². The van der Waals surface area contributed by atoms with E-state index < -0.39 is 18.7 Å². The summed E-state index contributed by atoms with van der Waals surface area (Å²) in [7, 11) is 0. The van der Waals surface area contributed by atoms with Gasteiger partial charge in [-0.15, -0.1) is 0 Å². The van der Waals surface area contributed by atoms with Crippen LogP contribution in [-0.4, -0.2) is 21.3 Å². The molecular formula is C9H9FO4. The molecule has 0 spiro atoms. The number of hydrogen-bond acceptors (Lipinski definition) is 3. The molecule has 0 aromatic heterocycles. The van der Waals surface area contributed by atoms with Gasteiger partial charge in [-0.25, -0.2) is 9.18 Å². The Morgan fingerprint density at radius 3 is 2.64 bits per heavy atom. The molecule has 0 saturated heterocycles. The number of aliphatic carboxylic acids is 1. The number of rotatable bonds is 3. The van der Waals surface area contributed by atoms with Crippen LogP contribution >= 0.6 is 0 Å². The van der Waals surface area contributed by atoms with Crippen molar-refractivity contribution >= 4 is 5.97 Å². The molecule has 0 radical (unpaired) electrons. The molecule has 3 N–H and O–H groups in total. The standard InChI is InChI=1S/C9H9FO4/c10-4-5-1-2-7(11)6(3-5)8(12)9(13)14/h1-3,8,11-12H,4H2,(H,13,14). The summed E-state index contributed by atoms with van der Waals surface area (Å²) in [5.41, 5.74) is 0.00532. The number of phenols is 1. The van der Waals surface area contributed by atoms with Gasteiger partial charge in [0, 0.05) is 5.56 Å². The van der Waals surface area contributed by atoms with Gasteiger partial charge >= 0.3 is 5.97 Å². The van der Waals surface area contributed by atoms with Crippen molar-refractivity contribution in [1.29, 1.82) is 0 Å². The van der Waals surface area contributed by atoms with Gasteiger partial charge in [-0.3, -0.25) is 0 Å². The molecular weight excluding hydrogens is 191 g/mol. The summed E-state index contributed by atoms with van der Waals surface area (Å²) in [5.74, 6) is -1.85. The lowest BCUT2D eigenvalue weighted by Crippen LogP contribution is -2.10. The van der Waals surface area contributed by atoms with Gasteiger partial charge in [0.25, 0.3) is 0 Å². The molecule has 0 amide bonds. The molecule has 1 aromatic rings. The van der Waals surface area contributed by atoms with Crippen LogP contribution < -0.4 is 0 Å². The monoisotopic (exact) mass is 200 g/mol. The van der Waals surface area contributed by atoms with Crippen LogP contribution in [0.2, 0.25) is 0 Å². The Morgan fingerprint density at radius 1 is 1.50 bits per heavy atom. The number of carboxylic acids is 1. The minimum atomic E-state index is -1.83. The summed E-state index contributed by atoms with van der Waals surface area (Å²) in [4.78, 5) is 10.4. The van der Waals surface area contributed by atoms with Crippen molar-refractivity contribution < 1.29 is 24.5 Å². The van der Waals surface area contributed by atoms with Gasteiger partial charge in [-0.05, 0) is 17.7 Å². The zero-order valence-corrected chi connectivity index (χ0v) is 7.14. The lowest BCUT2D eigenvalue weighted by molar-refractivity contribution is -0.147. The van der Waals surface area contributed by atoms with Gasteiger partial charge in [0.1, 0.15) is 12.4 Å². The highest BCUT2D eigenvalue weighted by Gasteiger charge is 2.19. The van der Waals surface area contributed by atoms with Crippen molar-refractivity contribution in [2.45, 2.75) is 12.8 Å². The number of aromatic hydroxyl groups is 1. The molecule has 0 heterocycles. The molecule has 76 valence electrons. The molecule has 0 aliphatic heterocycles. The van der Waals surface area contributed by atoms with E-state index in [0.717, 1.165) is 12.1 Å². The van der Waals surface area contributed by atoms with E-state index in [2.05, 4.69) is 0 Å². The summed E-state index contributed by atoms with van der Waals surface area (Å²) in [6, 6.07) is 3.58. The van der Waals surface area contributed by atoms with E-state index in [0.29, 0.717) is 0 Å². The molecule has 1 atom stereocenters. The second-order valence-corrected chi connectivity index (χ2v) is 2.77. The maximum atomic E-state index is 12.2. The highest BCUT2D eigenvalue weighted by Crippen LogP contribution is 2.25. The number of benzene rings is 1. The van der Waals surface area contributed by atoms with Crippen molar-refractivity contribution in [2.75, 3.05) is 0 Å². The SMILES string of the molecule is O=C(O)C(O)c1cc(CF)ccc1O. The van der Waals surface area contributed by atoms with Crippen molar-refractivity contribution in [1.82, 2.24) is 0 Å². The Balaban J connectivity index is 3.11. The van der Waals surface area contributed by atoms with Crippen LogP contribution in [0.25, 0.3) is 0 Å². The third-order valence-electron chi connectivity index (χ3n) is 1.77. The smallest absolute Gasteiger partial charge is 0.337 e. The predicted octanol–water partition coefficient (Wildman–Crippen LogP) is 0.980. The predicted molar refractivity (Wildman–Crippen MR) is 45.5 cm³/mol. The quantitative estimate of drug-likeness (QED) is 0.679. The van der Waals surface area contributed by atoms with E-state index in [1.807, 2.05) is 0 Å². The maximum absolute atomic E-state index is 12.2. The highest BCUT2D eigenvalue weighted by molar-refractivity contribution is 5.75. The van der Waals surface area contributed by atoms with Crippen molar-refractivity contribution in [2.24, 2.45) is 0 Å². The number of hydrogen-bond donors (Lipinski definition) is 3. The first-order chi connectivity index (χ1) is 6.56. The topological polar surface area (TPSA) is 77.8 Å². The lowest BCUT2D eigenvalue weighted by atomic mass is 10.1. The molecule has 0 aliphatic carbocycles. The van der Waals surface area contributed by atoms with Crippen molar-refractivity contribution in [3.05, 3.63) is 29.3 Å². The zero-order valence-electron chi connectivity index (χ0n) is 7.14. The van der Waals surface area contributed by atoms with Gasteiger partial charge < -0.3 is 15.3 Å². The number of aliphatic hydroxyl groups excluding tert-OH is 1. The molecule has 1 aromatic carbocycles. The number of halogens is 1. The number of carbonyl (C=O) groups is 1. The fourth-order valence-electron chi connectivity index (χ4n) is 1.04. The third kappa shape index (κ3) is 2.00. The number of alkyl halides is 1. The highest BCUT2D eigenvalue weighted by atomic mass is 19.1. The fourth-order valence-corrected chi connectivity index (χ4v) is 1.04. The Hall–Kier alpha value is -1.62. The summed E-state index contributed by atoms with van der Waals surface area (Å²) in [5, 5.41) is 26.8. The Bertz CT molecular complexity index is 351. The molecule has 4 nitrogen and oxygen atoms in total. The number of phenolic OH excluding ortho intramolecular Hbond substituents is 1. The first-order valence-electron chi connectivity index (χ1n) is 3.85. The average molecular weight is 200 g/mol. The van der Waals surface area contributed by atoms with E-state index in [4.69, 9.17) is 10.2 Å². The van der Waals surface area contributed by atoms with Crippen LogP contribution in [0.5, 0.6) is 5.75 Å². The van der Waals surface area contributed by atoms with Gasteiger partial charge in [0.05, 0.1) is 0 Å². The third-order valence-corrected chi connectivity index (χ3v) is 1.77. The van der Waals surface area contributed by atoms with E-state index in [9.17, 15) is 14.3 Å². The van der Waals surface area contributed by atoms with Crippen LogP contribution in [0.15, 0.2) is 18.2 Å². The number of aliphatic hydroxyl groups is 1. The summed E-state index contributed by atoms with van der Waals surface area (Å²) < 4.78 is 12.2. The minimum absolute atomic E-state index is 0.201. The Morgan fingerprint density at radius 2 is 2.14 bits per heavy atom. The van der Waals surface area contributed by atoms with E-state index in [1.165, 1.54) is 6.07 Å². The summed E-state index contributed by atoms with van der Waals surface area (Å²) in [6.07, 6.45) is -1.83. The van der Waals surface area contributed by atoms with Gasteiger partial charge in [0.2, 0.25) is 0 Å². The van der Waals surface area contributed by atoms with Gasteiger partial charge in [0.15, 0.2) is 6.10 Å². The normalized spacial score (nSPS) is 12.4. The molecule has 0 fully saturated rings. The molecule has 0 saturated carbocycles. The van der Waals surface area contributed by atoms with E-state index in [1.54, 1.807) is 0 Å². The van der Waals surface area contributed by atoms with Crippen LogP contribution in [-0.2, 0) is 11.5 Å². The molecule has 5 heteroatoms. The van der Waals surface area contributed by atoms with Crippen LogP contribution in [0.4, 0.5) is 4.39 Å². The van der Waals surface area contributed by atoms with Crippen molar-refractivity contribution in [3.8, 4) is 5.75 Å². The van der Waals surface area contributed by atoms with Gasteiger partial charge in [-0.2, -0.15) is 0 Å². The minimum Gasteiger partial charge on any atom is -0.508 e. The Labute approximate surface area is 79.2 Å². The van der Waals surface area contributed by atoms with Crippen LogP contribution in [0, 0.1) is 0 Å². The molecule has 0 bridgehead atoms. The molecule has 14 heavy (non-hydrogen) atoms. The van der Waals surface area contributed by atoms with Crippen molar-refractivity contribution in [3.63, 3.8) is 0 Å². The second-order valence-electron chi connectivity index (χ2n) is 2.77. The zero-order chi connectivity index (χ0) is 10.7. The average Bonchev–Trinajstić information content (AvgIpc) is 2.17. The maximum Gasteiger partial charge on any atom is 0.337 e. The molecule has 0 aliphatic rings. The van der Waals surface area contributed by atoms with E-state index >= 15 is 0 Å². The Kier molecular flexibility index (Phi) is 3.03. The van der Waals surface area contributed by atoms with Gasteiger partial charge in [-0.1, -0.05) is 6.07 Å². The first-order valence-corrected chi connectivity index (χ1v) is 3.85. The molecule has 1 unspecified atom stereocenters. The largest absolute Gasteiger partial charge is 0.508 e. The summed E-state index contributed by atoms with van der Waals surface area (Å²) in [6.45, 7) is -0.778. The molecule has 1 rings (SSSR count). The number of carboxylic acid groups (broad SMARTS) is 1. The summed E-state index contributed by atoms with van der Waals surface area (Å²) >= 11 is 0. The second kappa shape index (κ2) is 4.06. The first kappa shape index (κ1) is 10.5. The van der Waals surface area contributed by atoms with Crippen LogP contribution in [0.1, 0.15) is 17.2 Å². The fraction of sp³-hybridized carbons (Fsp3) is 0.222. The van der Waals surface area contributed by atoms with Crippen LogP contribution in [0.3, 0.4) is 0 Å².